The topological polar surface area (TPSA) is 32.3 Å². The van der Waals surface area contributed by atoms with E-state index in [-0.39, 0.29) is 5.91 Å². The van der Waals surface area contributed by atoms with Crippen molar-refractivity contribution in [2.75, 3.05) is 19.6 Å². The molecule has 1 aliphatic rings. The minimum absolute atomic E-state index is 0.0560. The molecule has 0 radical (unpaired) electrons. The average Bonchev–Trinajstić information content (AvgIpc) is 2.38. The average molecular weight is 290 g/mol. The highest BCUT2D eigenvalue weighted by atomic mass is 16.1. The molecule has 1 N–H and O–H groups in total. The van der Waals surface area contributed by atoms with Gasteiger partial charge in [0.25, 0.3) is 5.91 Å². The third kappa shape index (κ3) is 4.85. The predicted molar refractivity (Wildman–Crippen MR) is 89.8 cm³/mol. The van der Waals surface area contributed by atoms with Crippen LogP contribution in [0.5, 0.6) is 0 Å². The molecule has 0 aromatic heterocycles. The Kier molecular flexibility index (Phi) is 6.90. The Balaban J connectivity index is 0.00000106. The molecule has 118 valence electrons. The van der Waals surface area contributed by atoms with Crippen LogP contribution in [0.1, 0.15) is 49.2 Å². The largest absolute Gasteiger partial charge is 0.352 e. The smallest absolute Gasteiger partial charge is 0.251 e. The first-order valence-electron chi connectivity index (χ1n) is 8.07. The van der Waals surface area contributed by atoms with Gasteiger partial charge in [-0.15, -0.1) is 0 Å². The van der Waals surface area contributed by atoms with Crippen LogP contribution in [0.15, 0.2) is 18.2 Å². The van der Waals surface area contributed by atoms with Crippen molar-refractivity contribution in [2.45, 2.75) is 47.6 Å². The number of carbonyl (C=O) groups is 1. The number of likely N-dealkylation sites (tertiary alicyclic amines) is 1. The molecule has 3 nitrogen and oxygen atoms in total. The van der Waals surface area contributed by atoms with E-state index in [1.165, 1.54) is 5.56 Å². The first-order chi connectivity index (χ1) is 9.97. The molecule has 0 unspecified atom stereocenters. The fourth-order valence-electron chi connectivity index (χ4n) is 2.56. The summed E-state index contributed by atoms with van der Waals surface area (Å²) < 4.78 is 0. The summed E-state index contributed by atoms with van der Waals surface area (Å²) in [5.41, 5.74) is 3.04. The number of rotatable bonds is 4. The SMILES string of the molecule is CC.Cc1ccc(C(=O)NCC2CN(C(C)C)C2)c(C)c1. The molecule has 1 aromatic rings. The van der Waals surface area contributed by atoms with E-state index in [2.05, 4.69) is 30.1 Å². The Morgan fingerprint density at radius 2 is 1.90 bits per heavy atom. The van der Waals surface area contributed by atoms with Gasteiger partial charge in [-0.1, -0.05) is 31.5 Å². The lowest BCUT2D eigenvalue weighted by Crippen LogP contribution is -2.53. The monoisotopic (exact) mass is 290 g/mol. The van der Waals surface area contributed by atoms with Crippen molar-refractivity contribution >= 4 is 5.91 Å². The van der Waals surface area contributed by atoms with E-state index in [1.807, 2.05) is 39.8 Å². The van der Waals surface area contributed by atoms with Crippen molar-refractivity contribution in [1.29, 1.82) is 0 Å². The highest BCUT2D eigenvalue weighted by Crippen LogP contribution is 2.17. The van der Waals surface area contributed by atoms with E-state index in [1.54, 1.807) is 0 Å². The number of amides is 1. The van der Waals surface area contributed by atoms with Gasteiger partial charge in [-0.25, -0.2) is 0 Å². The summed E-state index contributed by atoms with van der Waals surface area (Å²) in [6.07, 6.45) is 0. The van der Waals surface area contributed by atoms with Gasteiger partial charge in [-0.2, -0.15) is 0 Å². The molecule has 2 rings (SSSR count). The van der Waals surface area contributed by atoms with Crippen LogP contribution in [0.25, 0.3) is 0 Å². The van der Waals surface area contributed by atoms with Gasteiger partial charge in [0.2, 0.25) is 0 Å². The number of hydrogen-bond acceptors (Lipinski definition) is 2. The number of benzene rings is 1. The zero-order valence-electron chi connectivity index (χ0n) is 14.4. The van der Waals surface area contributed by atoms with E-state index in [4.69, 9.17) is 0 Å². The van der Waals surface area contributed by atoms with Crippen molar-refractivity contribution in [3.63, 3.8) is 0 Å². The Hall–Kier alpha value is -1.35. The Bertz CT molecular complexity index is 462. The normalized spacial score (nSPS) is 15.2. The lowest BCUT2D eigenvalue weighted by atomic mass is 9.98. The highest BCUT2D eigenvalue weighted by molar-refractivity contribution is 5.95. The third-order valence-corrected chi connectivity index (χ3v) is 3.89. The summed E-state index contributed by atoms with van der Waals surface area (Å²) in [6, 6.07) is 6.58. The fraction of sp³-hybridized carbons (Fsp3) is 0.611. The predicted octanol–water partition coefficient (Wildman–Crippen LogP) is 3.40. The van der Waals surface area contributed by atoms with E-state index >= 15 is 0 Å². The van der Waals surface area contributed by atoms with Crippen LogP contribution in [0.2, 0.25) is 0 Å². The summed E-state index contributed by atoms with van der Waals surface area (Å²) >= 11 is 0. The van der Waals surface area contributed by atoms with Crippen LogP contribution in [-0.2, 0) is 0 Å². The number of aryl methyl sites for hydroxylation is 2. The van der Waals surface area contributed by atoms with Gasteiger partial charge in [-0.05, 0) is 39.3 Å². The summed E-state index contributed by atoms with van der Waals surface area (Å²) in [5.74, 6) is 0.664. The maximum Gasteiger partial charge on any atom is 0.251 e. The highest BCUT2D eigenvalue weighted by Gasteiger charge is 2.28. The maximum atomic E-state index is 12.1. The molecule has 1 heterocycles. The maximum absolute atomic E-state index is 12.1. The van der Waals surface area contributed by atoms with Gasteiger partial charge in [0.05, 0.1) is 0 Å². The summed E-state index contributed by atoms with van der Waals surface area (Å²) in [7, 11) is 0. The van der Waals surface area contributed by atoms with E-state index in [9.17, 15) is 4.79 Å². The summed E-state index contributed by atoms with van der Waals surface area (Å²) in [6.45, 7) is 15.5. The van der Waals surface area contributed by atoms with Crippen molar-refractivity contribution in [3.05, 3.63) is 34.9 Å². The van der Waals surface area contributed by atoms with Crippen molar-refractivity contribution in [2.24, 2.45) is 5.92 Å². The lowest BCUT2D eigenvalue weighted by molar-refractivity contribution is 0.0640. The van der Waals surface area contributed by atoms with Gasteiger partial charge >= 0.3 is 0 Å². The second-order valence-corrected chi connectivity index (χ2v) is 5.94. The molecule has 0 spiro atoms. The van der Waals surface area contributed by atoms with Crippen LogP contribution in [0.4, 0.5) is 0 Å². The standard InChI is InChI=1S/C16H24N2O.C2H6/c1-11(2)18-9-14(10-18)8-17-16(19)15-6-5-12(3)7-13(15)4;1-2/h5-7,11,14H,8-10H2,1-4H3,(H,17,19);1-2H3. The number of hydrogen-bond donors (Lipinski definition) is 1. The quantitative estimate of drug-likeness (QED) is 0.921. The Morgan fingerprint density at radius 3 is 2.43 bits per heavy atom. The molecule has 1 aliphatic heterocycles. The van der Waals surface area contributed by atoms with E-state index < -0.39 is 0 Å². The first-order valence-corrected chi connectivity index (χ1v) is 8.07. The molecule has 0 saturated carbocycles. The van der Waals surface area contributed by atoms with Crippen LogP contribution in [-0.4, -0.2) is 36.5 Å². The number of carbonyl (C=O) groups excluding carboxylic acids is 1. The lowest BCUT2D eigenvalue weighted by Gasteiger charge is -2.42. The molecular formula is C18H30N2O. The number of nitrogens with one attached hydrogen (secondary N) is 1. The van der Waals surface area contributed by atoms with Crippen LogP contribution in [0, 0.1) is 19.8 Å². The summed E-state index contributed by atoms with van der Waals surface area (Å²) in [5, 5.41) is 3.06. The molecule has 1 fully saturated rings. The number of nitrogens with zero attached hydrogens (tertiary/aromatic N) is 1. The van der Waals surface area contributed by atoms with Crippen molar-refractivity contribution in [3.8, 4) is 0 Å². The van der Waals surface area contributed by atoms with Crippen molar-refractivity contribution in [1.82, 2.24) is 10.2 Å². The van der Waals surface area contributed by atoms with Gasteiger partial charge in [0.1, 0.15) is 0 Å². The molecular weight excluding hydrogens is 260 g/mol. The molecule has 1 saturated heterocycles. The molecule has 3 heteroatoms. The molecule has 21 heavy (non-hydrogen) atoms. The molecule has 0 bridgehead atoms. The molecule has 1 aromatic carbocycles. The van der Waals surface area contributed by atoms with Gasteiger partial charge in [0.15, 0.2) is 0 Å². The molecule has 0 atom stereocenters. The zero-order chi connectivity index (χ0) is 16.0. The van der Waals surface area contributed by atoms with Gasteiger partial charge in [0, 0.05) is 37.2 Å². The van der Waals surface area contributed by atoms with E-state index in [0.717, 1.165) is 30.8 Å². The summed E-state index contributed by atoms with van der Waals surface area (Å²) in [4.78, 5) is 14.5. The van der Waals surface area contributed by atoms with Crippen molar-refractivity contribution < 1.29 is 4.79 Å². The second kappa shape index (κ2) is 8.18. The Labute approximate surface area is 129 Å². The fourth-order valence-corrected chi connectivity index (χ4v) is 2.56. The Morgan fingerprint density at radius 1 is 1.29 bits per heavy atom. The van der Waals surface area contributed by atoms with Crippen LogP contribution in [0.3, 0.4) is 0 Å². The zero-order valence-corrected chi connectivity index (χ0v) is 14.4. The first kappa shape index (κ1) is 17.7. The van der Waals surface area contributed by atoms with Gasteiger partial charge in [-0.3, -0.25) is 4.79 Å². The van der Waals surface area contributed by atoms with Crippen LogP contribution >= 0.6 is 0 Å². The molecule has 0 aliphatic carbocycles. The van der Waals surface area contributed by atoms with Crippen LogP contribution < -0.4 is 5.32 Å². The van der Waals surface area contributed by atoms with Gasteiger partial charge < -0.3 is 10.2 Å². The third-order valence-electron chi connectivity index (χ3n) is 3.89. The molecule has 1 amide bonds. The van der Waals surface area contributed by atoms with E-state index in [0.29, 0.717) is 12.0 Å². The second-order valence-electron chi connectivity index (χ2n) is 5.94. The minimum Gasteiger partial charge on any atom is -0.352 e. The minimum atomic E-state index is 0.0560.